The lowest BCUT2D eigenvalue weighted by atomic mass is 10.4. The molecule has 2 aromatic heterocycles. The second-order valence-electron chi connectivity index (χ2n) is 3.00. The fourth-order valence-electron chi connectivity index (χ4n) is 1.24. The highest BCUT2D eigenvalue weighted by Gasteiger charge is 2.11. The maximum absolute atomic E-state index is 11.7. The van der Waals surface area contributed by atoms with Crippen LogP contribution in [0.2, 0.25) is 5.15 Å². The topological polar surface area (TPSA) is 50.7 Å². The SMILES string of the molecule is Cc1[nH]n(-c2cccnc2Cl)c(=O)c1Br. The monoisotopic (exact) mass is 287 g/mol. The van der Waals surface area contributed by atoms with E-state index in [1.54, 1.807) is 25.3 Å². The number of rotatable bonds is 1. The average Bonchev–Trinajstić information content (AvgIpc) is 2.47. The van der Waals surface area contributed by atoms with Gasteiger partial charge in [0.05, 0.1) is 0 Å². The van der Waals surface area contributed by atoms with Gasteiger partial charge < -0.3 is 0 Å². The second-order valence-corrected chi connectivity index (χ2v) is 4.16. The molecule has 0 radical (unpaired) electrons. The van der Waals surface area contributed by atoms with Crippen molar-refractivity contribution in [2.24, 2.45) is 0 Å². The summed E-state index contributed by atoms with van der Waals surface area (Å²) >= 11 is 9.08. The van der Waals surface area contributed by atoms with Gasteiger partial charge in [0, 0.05) is 11.9 Å². The minimum atomic E-state index is -0.178. The fourth-order valence-corrected chi connectivity index (χ4v) is 1.71. The number of hydrogen-bond donors (Lipinski definition) is 1. The van der Waals surface area contributed by atoms with Crippen LogP contribution in [-0.2, 0) is 0 Å². The third-order valence-corrected chi connectivity index (χ3v) is 3.21. The Kier molecular flexibility index (Phi) is 2.67. The van der Waals surface area contributed by atoms with Crippen LogP contribution in [0.15, 0.2) is 27.6 Å². The number of H-pyrrole nitrogens is 1. The van der Waals surface area contributed by atoms with Crippen molar-refractivity contribution in [3.8, 4) is 5.69 Å². The summed E-state index contributed by atoms with van der Waals surface area (Å²) in [6.45, 7) is 1.80. The minimum Gasteiger partial charge on any atom is -0.294 e. The molecule has 0 spiro atoms. The first-order valence-corrected chi connectivity index (χ1v) is 5.36. The van der Waals surface area contributed by atoms with Gasteiger partial charge in [-0.1, -0.05) is 11.6 Å². The number of aromatic nitrogens is 3. The molecule has 15 heavy (non-hydrogen) atoms. The van der Waals surface area contributed by atoms with Crippen molar-refractivity contribution in [2.45, 2.75) is 6.92 Å². The molecule has 78 valence electrons. The van der Waals surface area contributed by atoms with E-state index in [0.29, 0.717) is 10.2 Å². The number of pyridine rings is 1. The van der Waals surface area contributed by atoms with Crippen LogP contribution in [0.4, 0.5) is 0 Å². The largest absolute Gasteiger partial charge is 0.294 e. The number of halogens is 2. The first-order chi connectivity index (χ1) is 7.11. The number of hydrogen-bond acceptors (Lipinski definition) is 2. The van der Waals surface area contributed by atoms with Crippen molar-refractivity contribution in [1.29, 1.82) is 0 Å². The Morgan fingerprint density at radius 2 is 2.33 bits per heavy atom. The van der Waals surface area contributed by atoms with Crippen LogP contribution in [0.3, 0.4) is 0 Å². The first-order valence-electron chi connectivity index (χ1n) is 4.19. The molecule has 0 bridgehead atoms. The normalized spacial score (nSPS) is 10.6. The molecule has 0 aliphatic heterocycles. The van der Waals surface area contributed by atoms with E-state index in [9.17, 15) is 4.79 Å². The van der Waals surface area contributed by atoms with E-state index in [1.807, 2.05) is 0 Å². The zero-order valence-electron chi connectivity index (χ0n) is 7.79. The lowest BCUT2D eigenvalue weighted by Crippen LogP contribution is -2.15. The molecule has 0 fully saturated rings. The van der Waals surface area contributed by atoms with Gasteiger partial charge in [0.15, 0.2) is 5.15 Å². The highest BCUT2D eigenvalue weighted by Crippen LogP contribution is 2.17. The van der Waals surface area contributed by atoms with Gasteiger partial charge in [-0.3, -0.25) is 9.89 Å². The van der Waals surface area contributed by atoms with Gasteiger partial charge in [-0.25, -0.2) is 9.67 Å². The van der Waals surface area contributed by atoms with Crippen LogP contribution in [0, 0.1) is 6.92 Å². The Balaban J connectivity index is 2.70. The van der Waals surface area contributed by atoms with Crippen molar-refractivity contribution >= 4 is 27.5 Å². The average molecular weight is 289 g/mol. The molecule has 2 rings (SSSR count). The number of nitrogens with zero attached hydrogens (tertiary/aromatic N) is 2. The molecule has 0 saturated carbocycles. The highest BCUT2D eigenvalue weighted by molar-refractivity contribution is 9.10. The maximum Gasteiger partial charge on any atom is 0.285 e. The first kappa shape index (κ1) is 10.4. The summed E-state index contributed by atoms with van der Waals surface area (Å²) in [4.78, 5) is 15.6. The van der Waals surface area contributed by atoms with E-state index in [4.69, 9.17) is 11.6 Å². The smallest absolute Gasteiger partial charge is 0.285 e. The predicted molar refractivity (Wildman–Crippen MR) is 61.6 cm³/mol. The van der Waals surface area contributed by atoms with Crippen LogP contribution in [0.5, 0.6) is 0 Å². The van der Waals surface area contributed by atoms with Crippen LogP contribution in [-0.4, -0.2) is 14.8 Å². The molecule has 0 aliphatic carbocycles. The lowest BCUT2D eigenvalue weighted by molar-refractivity contribution is 0.830. The van der Waals surface area contributed by atoms with Gasteiger partial charge in [-0.15, -0.1) is 0 Å². The zero-order chi connectivity index (χ0) is 11.0. The van der Waals surface area contributed by atoms with E-state index in [1.165, 1.54) is 4.68 Å². The molecular formula is C9H7BrClN3O. The van der Waals surface area contributed by atoms with Gasteiger partial charge in [0.1, 0.15) is 10.2 Å². The van der Waals surface area contributed by atoms with Crippen LogP contribution < -0.4 is 5.56 Å². The van der Waals surface area contributed by atoms with Gasteiger partial charge >= 0.3 is 0 Å². The maximum atomic E-state index is 11.7. The van der Waals surface area contributed by atoms with Crippen molar-refractivity contribution in [3.05, 3.63) is 44.0 Å². The van der Waals surface area contributed by atoms with Gasteiger partial charge in [0.25, 0.3) is 5.56 Å². The lowest BCUT2D eigenvalue weighted by Gasteiger charge is -2.02. The van der Waals surface area contributed by atoms with E-state index < -0.39 is 0 Å². The Morgan fingerprint density at radius 1 is 1.60 bits per heavy atom. The quantitative estimate of drug-likeness (QED) is 0.819. The summed E-state index contributed by atoms with van der Waals surface area (Å²) in [5.41, 5.74) is 1.11. The molecule has 6 heteroatoms. The van der Waals surface area contributed by atoms with E-state index >= 15 is 0 Å². The third-order valence-electron chi connectivity index (χ3n) is 1.98. The van der Waals surface area contributed by atoms with E-state index in [0.717, 1.165) is 5.69 Å². The molecular weight excluding hydrogens is 281 g/mol. The zero-order valence-corrected chi connectivity index (χ0v) is 10.1. The van der Waals surface area contributed by atoms with Gasteiger partial charge in [-0.05, 0) is 35.0 Å². The molecule has 4 nitrogen and oxygen atoms in total. The van der Waals surface area contributed by atoms with Gasteiger partial charge in [0.2, 0.25) is 0 Å². The molecule has 0 aromatic carbocycles. The standard InChI is InChI=1S/C9H7BrClN3O/c1-5-7(10)9(15)14(13-5)6-3-2-4-12-8(6)11/h2-4,13H,1H3. The highest BCUT2D eigenvalue weighted by atomic mass is 79.9. The summed E-state index contributed by atoms with van der Waals surface area (Å²) in [5.74, 6) is 0. The number of aromatic amines is 1. The molecule has 0 atom stereocenters. The third kappa shape index (κ3) is 1.72. The predicted octanol–water partition coefficient (Wildman–Crippen LogP) is 2.28. The number of aryl methyl sites for hydroxylation is 1. The fraction of sp³-hybridized carbons (Fsp3) is 0.111. The molecule has 2 aromatic rings. The molecule has 0 aliphatic rings. The number of nitrogens with one attached hydrogen (secondary N) is 1. The van der Waals surface area contributed by atoms with E-state index in [-0.39, 0.29) is 10.7 Å². The summed E-state index contributed by atoms with van der Waals surface area (Å²) in [6, 6.07) is 3.44. The van der Waals surface area contributed by atoms with Crippen molar-refractivity contribution in [2.75, 3.05) is 0 Å². The second kappa shape index (κ2) is 3.83. The van der Waals surface area contributed by atoms with Crippen LogP contribution >= 0.6 is 27.5 Å². The van der Waals surface area contributed by atoms with Crippen molar-refractivity contribution < 1.29 is 0 Å². The van der Waals surface area contributed by atoms with E-state index in [2.05, 4.69) is 26.0 Å². The summed E-state index contributed by atoms with van der Waals surface area (Å²) in [5, 5.41) is 3.19. The molecule has 2 heterocycles. The molecule has 0 amide bonds. The summed E-state index contributed by atoms with van der Waals surface area (Å²) in [6.07, 6.45) is 1.57. The molecule has 1 N–H and O–H groups in total. The molecule has 0 unspecified atom stereocenters. The van der Waals surface area contributed by atoms with Crippen LogP contribution in [0.1, 0.15) is 5.69 Å². The summed E-state index contributed by atoms with van der Waals surface area (Å²) < 4.78 is 1.86. The van der Waals surface area contributed by atoms with Crippen LogP contribution in [0.25, 0.3) is 5.69 Å². The summed E-state index contributed by atoms with van der Waals surface area (Å²) in [7, 11) is 0. The van der Waals surface area contributed by atoms with Crippen molar-refractivity contribution in [3.63, 3.8) is 0 Å². The molecule has 0 saturated heterocycles. The Bertz CT molecular complexity index is 561. The van der Waals surface area contributed by atoms with Gasteiger partial charge in [-0.2, -0.15) is 0 Å². The Hall–Kier alpha value is -1.07. The van der Waals surface area contributed by atoms with Crippen molar-refractivity contribution in [1.82, 2.24) is 14.8 Å². The Morgan fingerprint density at radius 3 is 2.87 bits per heavy atom. The Labute approximate surface area is 99.0 Å². The minimum absolute atomic E-state index is 0.178.